The first-order chi connectivity index (χ1) is 6.22. The van der Waals surface area contributed by atoms with Crippen LogP contribution in [0.3, 0.4) is 0 Å². The highest BCUT2D eigenvalue weighted by molar-refractivity contribution is 9.10. The smallest absolute Gasteiger partial charge is 0.234 e. The highest BCUT2D eigenvalue weighted by Gasteiger charge is 1.98. The van der Waals surface area contributed by atoms with Crippen molar-refractivity contribution >= 4 is 33.4 Å². The van der Waals surface area contributed by atoms with E-state index in [0.717, 1.165) is 0 Å². The summed E-state index contributed by atoms with van der Waals surface area (Å²) in [5, 5.41) is 10.1. The molecule has 1 aromatic heterocycles. The van der Waals surface area contributed by atoms with Gasteiger partial charge in [0.15, 0.2) is 0 Å². The van der Waals surface area contributed by atoms with Crippen molar-refractivity contribution in [3.8, 4) is 0 Å². The first-order valence-electron chi connectivity index (χ1n) is 3.60. The Hall–Kier alpha value is -0.620. The van der Waals surface area contributed by atoms with Gasteiger partial charge in [-0.1, -0.05) is 5.21 Å². The van der Waals surface area contributed by atoms with Crippen molar-refractivity contribution in [1.29, 1.82) is 0 Å². The van der Waals surface area contributed by atoms with Crippen LogP contribution in [0.15, 0.2) is 10.8 Å². The summed E-state index contributed by atoms with van der Waals surface area (Å²) in [6.07, 6.45) is 1.73. The van der Waals surface area contributed by atoms with Crippen LogP contribution in [-0.2, 0) is 11.3 Å². The predicted molar refractivity (Wildman–Crippen MR) is 51.5 cm³/mol. The number of hydrogen-bond acceptors (Lipinski definition) is 3. The normalized spacial score (nSPS) is 10.0. The fraction of sp³-hybridized carbons (Fsp3) is 0.500. The lowest BCUT2D eigenvalue weighted by molar-refractivity contribution is -0.118. The van der Waals surface area contributed by atoms with Gasteiger partial charge in [-0.2, -0.15) is 0 Å². The van der Waals surface area contributed by atoms with Crippen LogP contribution in [0.1, 0.15) is 0 Å². The summed E-state index contributed by atoms with van der Waals surface area (Å²) in [7, 11) is 0. The Morgan fingerprint density at radius 2 is 2.54 bits per heavy atom. The van der Waals surface area contributed by atoms with E-state index in [9.17, 15) is 4.79 Å². The van der Waals surface area contributed by atoms with Gasteiger partial charge in [0.05, 0.1) is 12.7 Å². The lowest BCUT2D eigenvalue weighted by Gasteiger charge is -2.01. The van der Waals surface area contributed by atoms with E-state index >= 15 is 0 Å². The second kappa shape index (κ2) is 5.18. The van der Waals surface area contributed by atoms with Crippen LogP contribution < -0.4 is 5.32 Å². The van der Waals surface area contributed by atoms with Gasteiger partial charge in [0.1, 0.15) is 10.5 Å². The summed E-state index contributed by atoms with van der Waals surface area (Å²) in [5.41, 5.74) is 0. The maximum Gasteiger partial charge on any atom is 0.234 e. The minimum Gasteiger partial charge on any atom is -0.353 e. The summed E-state index contributed by atoms with van der Waals surface area (Å²) in [5.74, 6) is -0.193. The Bertz CT molecular complexity index is 290. The predicted octanol–water partition coefficient (Wildman–Crippen LogP) is 0.396. The van der Waals surface area contributed by atoms with Crippen molar-refractivity contribution in [1.82, 2.24) is 20.3 Å². The number of nitrogens with zero attached hydrogens (tertiary/aromatic N) is 3. The molecule has 0 aliphatic heterocycles. The van der Waals surface area contributed by atoms with Gasteiger partial charge in [-0.3, -0.25) is 4.79 Å². The molecule has 7 heteroatoms. The fourth-order valence-corrected chi connectivity index (χ4v) is 1.14. The molecular weight excluding hydrogens is 259 g/mol. The van der Waals surface area contributed by atoms with E-state index in [-0.39, 0.29) is 11.8 Å². The Morgan fingerprint density at radius 1 is 1.77 bits per heavy atom. The molecule has 1 amide bonds. The number of rotatable bonds is 4. The molecule has 1 rings (SSSR count). The first-order valence-corrected chi connectivity index (χ1v) is 4.93. The molecule has 0 fully saturated rings. The third-order valence-electron chi connectivity index (χ3n) is 1.30. The molecule has 0 saturated heterocycles. The zero-order valence-electron chi connectivity index (χ0n) is 6.70. The van der Waals surface area contributed by atoms with Crippen molar-refractivity contribution in [3.05, 3.63) is 10.8 Å². The molecular formula is C6H8BrClN4O. The molecule has 0 saturated carbocycles. The summed E-state index contributed by atoms with van der Waals surface area (Å²) < 4.78 is 2.30. The van der Waals surface area contributed by atoms with Crippen LogP contribution in [0.4, 0.5) is 0 Å². The number of amides is 1. The van der Waals surface area contributed by atoms with Crippen LogP contribution in [0.2, 0.25) is 0 Å². The highest BCUT2D eigenvalue weighted by Crippen LogP contribution is 2.00. The van der Waals surface area contributed by atoms with Gasteiger partial charge < -0.3 is 5.32 Å². The maximum atomic E-state index is 10.7. The highest BCUT2D eigenvalue weighted by atomic mass is 79.9. The molecule has 0 unspecified atom stereocenters. The van der Waals surface area contributed by atoms with E-state index < -0.39 is 0 Å². The fourth-order valence-electron chi connectivity index (χ4n) is 0.741. The third-order valence-corrected chi connectivity index (χ3v) is 1.90. The van der Waals surface area contributed by atoms with E-state index in [0.29, 0.717) is 17.7 Å². The number of carbonyl (C=O) groups is 1. The van der Waals surface area contributed by atoms with Crippen LogP contribution in [0, 0.1) is 0 Å². The molecule has 1 aromatic rings. The Labute approximate surface area is 88.6 Å². The van der Waals surface area contributed by atoms with Crippen molar-refractivity contribution in [2.45, 2.75) is 6.54 Å². The molecule has 13 heavy (non-hydrogen) atoms. The average Bonchev–Trinajstić information content (AvgIpc) is 2.51. The zero-order chi connectivity index (χ0) is 9.68. The van der Waals surface area contributed by atoms with Gasteiger partial charge in [-0.05, 0) is 15.9 Å². The van der Waals surface area contributed by atoms with E-state index in [1.54, 1.807) is 10.9 Å². The van der Waals surface area contributed by atoms with Gasteiger partial charge in [0.2, 0.25) is 5.91 Å². The van der Waals surface area contributed by atoms with Crippen LogP contribution in [0.5, 0.6) is 0 Å². The molecule has 1 N–H and O–H groups in total. The van der Waals surface area contributed by atoms with Crippen LogP contribution in [0.25, 0.3) is 0 Å². The first kappa shape index (κ1) is 10.5. The maximum absolute atomic E-state index is 10.7. The van der Waals surface area contributed by atoms with Crippen molar-refractivity contribution in [2.24, 2.45) is 0 Å². The van der Waals surface area contributed by atoms with E-state index in [2.05, 4.69) is 31.6 Å². The Morgan fingerprint density at radius 3 is 3.08 bits per heavy atom. The van der Waals surface area contributed by atoms with Gasteiger partial charge in [0, 0.05) is 6.54 Å². The molecule has 0 atom stereocenters. The average molecular weight is 268 g/mol. The molecule has 0 aliphatic rings. The molecule has 0 radical (unpaired) electrons. The largest absolute Gasteiger partial charge is 0.353 e. The minimum atomic E-state index is -0.180. The lowest BCUT2D eigenvalue weighted by Crippen LogP contribution is -2.28. The number of alkyl halides is 1. The lowest BCUT2D eigenvalue weighted by atomic mass is 10.6. The van der Waals surface area contributed by atoms with Crippen LogP contribution in [-0.4, -0.2) is 33.3 Å². The number of carbonyl (C=O) groups excluding carboxylic acids is 1. The summed E-state index contributed by atoms with van der Waals surface area (Å²) in [6, 6.07) is 0. The number of aromatic nitrogens is 3. The summed E-state index contributed by atoms with van der Waals surface area (Å²) in [6.45, 7) is 1.09. The second-order valence-electron chi connectivity index (χ2n) is 2.29. The molecule has 5 nitrogen and oxygen atoms in total. The number of nitrogens with one attached hydrogen (secondary N) is 1. The van der Waals surface area contributed by atoms with E-state index in [4.69, 9.17) is 11.6 Å². The van der Waals surface area contributed by atoms with Crippen LogP contribution >= 0.6 is 27.5 Å². The Kier molecular flexibility index (Phi) is 4.17. The van der Waals surface area contributed by atoms with E-state index in [1.807, 2.05) is 0 Å². The molecule has 0 spiro atoms. The van der Waals surface area contributed by atoms with Crippen molar-refractivity contribution in [2.75, 3.05) is 12.4 Å². The third kappa shape index (κ3) is 3.73. The molecule has 0 aliphatic carbocycles. The van der Waals surface area contributed by atoms with Gasteiger partial charge in [-0.15, -0.1) is 16.7 Å². The van der Waals surface area contributed by atoms with Gasteiger partial charge in [0.25, 0.3) is 0 Å². The topological polar surface area (TPSA) is 59.8 Å². The summed E-state index contributed by atoms with van der Waals surface area (Å²) >= 11 is 8.45. The second-order valence-corrected chi connectivity index (χ2v) is 3.37. The Balaban J connectivity index is 2.24. The molecule has 1 heterocycles. The monoisotopic (exact) mass is 266 g/mol. The zero-order valence-corrected chi connectivity index (χ0v) is 9.05. The molecule has 0 bridgehead atoms. The van der Waals surface area contributed by atoms with Crippen molar-refractivity contribution < 1.29 is 4.79 Å². The SMILES string of the molecule is O=C(CCl)NCCn1cc(Br)nn1. The number of halogens is 2. The van der Waals surface area contributed by atoms with Gasteiger partial charge >= 0.3 is 0 Å². The standard InChI is InChI=1S/C6H8BrClN4O/c7-5-4-12(11-10-5)2-1-9-6(13)3-8/h4H,1-3H2,(H,9,13). The van der Waals surface area contributed by atoms with Crippen molar-refractivity contribution in [3.63, 3.8) is 0 Å². The molecule has 0 aromatic carbocycles. The minimum absolute atomic E-state index is 0.0128. The summed E-state index contributed by atoms with van der Waals surface area (Å²) in [4.78, 5) is 10.7. The van der Waals surface area contributed by atoms with Gasteiger partial charge in [-0.25, -0.2) is 4.68 Å². The quantitative estimate of drug-likeness (QED) is 0.803. The number of hydrogen-bond donors (Lipinski definition) is 1. The van der Waals surface area contributed by atoms with E-state index in [1.165, 1.54) is 0 Å². The molecule has 72 valence electrons.